The molecule has 3 rings (SSSR count). The van der Waals surface area contributed by atoms with E-state index in [1.807, 2.05) is 4.72 Å². The van der Waals surface area contributed by atoms with E-state index in [0.717, 1.165) is 6.92 Å². The van der Waals surface area contributed by atoms with E-state index in [1.54, 1.807) is 12.2 Å². The van der Waals surface area contributed by atoms with Gasteiger partial charge in [-0.3, -0.25) is 9.59 Å². The number of hydrogen-bond acceptors (Lipinski definition) is 7. The Morgan fingerprint density at radius 1 is 1.04 bits per heavy atom. The molecule has 0 spiro atoms. The Bertz CT molecular complexity index is 892. The fourth-order valence-corrected chi connectivity index (χ4v) is 4.08. The number of amides is 2. The average Bonchev–Trinajstić information content (AvgIpc) is 3.15. The molecule has 2 heterocycles. The summed E-state index contributed by atoms with van der Waals surface area (Å²) < 4.78 is 31.0. The molecule has 1 saturated heterocycles. The molecule has 1 aromatic carbocycles. The highest BCUT2D eigenvalue weighted by Gasteiger charge is 2.50. The SMILES string of the molecule is CC(=O)NS(=O)(=O)c1ccc(NC(=O)[C@@H]2[C@@H](C(=O)[O-])[C@@H]3C=C[C@H]2O3)cc1. The van der Waals surface area contributed by atoms with E-state index in [2.05, 4.69) is 5.32 Å². The van der Waals surface area contributed by atoms with E-state index in [9.17, 15) is 27.9 Å². The maximum atomic E-state index is 12.5. The van der Waals surface area contributed by atoms with Gasteiger partial charge in [0.05, 0.1) is 23.0 Å². The number of ether oxygens (including phenoxy) is 1. The van der Waals surface area contributed by atoms with Crippen LogP contribution in [0, 0.1) is 11.8 Å². The van der Waals surface area contributed by atoms with Crippen molar-refractivity contribution in [1.29, 1.82) is 0 Å². The summed E-state index contributed by atoms with van der Waals surface area (Å²) >= 11 is 0. The predicted octanol–water partition coefficient (Wildman–Crippen LogP) is -1.23. The number of aliphatic carboxylic acids is 1. The first-order valence-electron chi connectivity index (χ1n) is 7.68. The highest BCUT2D eigenvalue weighted by atomic mass is 32.2. The largest absolute Gasteiger partial charge is 0.550 e. The molecule has 0 radical (unpaired) electrons. The number of fused-ring (bicyclic) bond motifs is 2. The molecule has 138 valence electrons. The molecule has 26 heavy (non-hydrogen) atoms. The van der Waals surface area contributed by atoms with Gasteiger partial charge in [0, 0.05) is 24.5 Å². The molecule has 4 atom stereocenters. The lowest BCUT2D eigenvalue weighted by atomic mass is 9.82. The normalized spacial score (nSPS) is 26.5. The van der Waals surface area contributed by atoms with E-state index in [-0.39, 0.29) is 10.6 Å². The molecule has 2 aliphatic rings. The molecule has 0 aliphatic carbocycles. The number of hydrogen-bond donors (Lipinski definition) is 2. The highest BCUT2D eigenvalue weighted by Crippen LogP contribution is 2.39. The van der Waals surface area contributed by atoms with E-state index in [0.29, 0.717) is 0 Å². The van der Waals surface area contributed by atoms with Gasteiger partial charge < -0.3 is 20.0 Å². The van der Waals surface area contributed by atoms with Crippen LogP contribution in [-0.4, -0.2) is 38.4 Å². The molecule has 10 heteroatoms. The van der Waals surface area contributed by atoms with Crippen molar-refractivity contribution in [3.63, 3.8) is 0 Å². The summed E-state index contributed by atoms with van der Waals surface area (Å²) in [5, 5.41) is 13.8. The van der Waals surface area contributed by atoms with Crippen molar-refractivity contribution in [3.05, 3.63) is 36.4 Å². The van der Waals surface area contributed by atoms with Crippen LogP contribution in [0.15, 0.2) is 41.3 Å². The van der Waals surface area contributed by atoms with Crippen LogP contribution in [0.25, 0.3) is 0 Å². The molecule has 2 amide bonds. The number of nitrogens with one attached hydrogen (secondary N) is 2. The molecule has 2 N–H and O–H groups in total. The minimum atomic E-state index is -3.97. The Hall–Kier alpha value is -2.72. The van der Waals surface area contributed by atoms with Crippen molar-refractivity contribution in [1.82, 2.24) is 4.72 Å². The van der Waals surface area contributed by atoms with Gasteiger partial charge in [0.1, 0.15) is 0 Å². The smallest absolute Gasteiger partial charge is 0.264 e. The lowest BCUT2D eigenvalue weighted by Gasteiger charge is -2.25. The van der Waals surface area contributed by atoms with Gasteiger partial charge in [0.15, 0.2) is 0 Å². The highest BCUT2D eigenvalue weighted by molar-refractivity contribution is 7.90. The summed E-state index contributed by atoms with van der Waals surface area (Å²) in [4.78, 5) is 34.5. The monoisotopic (exact) mass is 379 g/mol. The number of rotatable bonds is 5. The van der Waals surface area contributed by atoms with E-state index >= 15 is 0 Å². The maximum Gasteiger partial charge on any atom is 0.264 e. The van der Waals surface area contributed by atoms with Crippen LogP contribution in [-0.2, 0) is 29.1 Å². The van der Waals surface area contributed by atoms with Crippen molar-refractivity contribution in [2.75, 3.05) is 5.32 Å². The Balaban J connectivity index is 1.73. The second-order valence-electron chi connectivity index (χ2n) is 6.00. The number of sulfonamides is 1. The molecule has 1 fully saturated rings. The van der Waals surface area contributed by atoms with Crippen LogP contribution in [0.4, 0.5) is 5.69 Å². The van der Waals surface area contributed by atoms with E-state index in [1.165, 1.54) is 24.3 Å². The van der Waals surface area contributed by atoms with Gasteiger partial charge in [-0.15, -0.1) is 0 Å². The molecule has 2 aliphatic heterocycles. The van der Waals surface area contributed by atoms with Gasteiger partial charge in [-0.1, -0.05) is 12.2 Å². The molecule has 2 bridgehead atoms. The molecular weight excluding hydrogens is 364 g/mol. The van der Waals surface area contributed by atoms with Crippen LogP contribution >= 0.6 is 0 Å². The second kappa shape index (κ2) is 6.54. The first-order valence-corrected chi connectivity index (χ1v) is 9.16. The first-order chi connectivity index (χ1) is 12.2. The standard InChI is InChI=1S/C16H16N2O7S/c1-8(19)18-26(23,24)10-4-2-9(3-5-10)17-15(20)13-11-6-7-12(25-11)14(13)16(21)22/h2-7,11-14H,1H3,(H,17,20)(H,18,19)(H,21,22)/p-1/t11-,12+,13+,14+/m1/s1. The molecule has 0 saturated carbocycles. The van der Waals surface area contributed by atoms with Crippen molar-refractivity contribution >= 4 is 33.5 Å². The van der Waals surface area contributed by atoms with Gasteiger partial charge in [-0.05, 0) is 24.3 Å². The van der Waals surface area contributed by atoms with Crippen molar-refractivity contribution in [2.45, 2.75) is 24.0 Å². The molecule has 0 unspecified atom stereocenters. The lowest BCUT2D eigenvalue weighted by molar-refractivity contribution is -0.313. The minimum Gasteiger partial charge on any atom is -0.550 e. The van der Waals surface area contributed by atoms with E-state index < -0.39 is 51.9 Å². The van der Waals surface area contributed by atoms with E-state index in [4.69, 9.17) is 4.74 Å². The summed E-state index contributed by atoms with van der Waals surface area (Å²) in [6.07, 6.45) is 1.90. The molecule has 9 nitrogen and oxygen atoms in total. The number of benzene rings is 1. The molecular formula is C16H15N2O7S-. The topological polar surface area (TPSA) is 142 Å². The van der Waals surface area contributed by atoms with Crippen LogP contribution in [0.5, 0.6) is 0 Å². The van der Waals surface area contributed by atoms with Crippen molar-refractivity contribution in [3.8, 4) is 0 Å². The van der Waals surface area contributed by atoms with Crippen molar-refractivity contribution < 1.29 is 32.6 Å². The second-order valence-corrected chi connectivity index (χ2v) is 7.68. The fraction of sp³-hybridized carbons (Fsp3) is 0.312. The number of anilines is 1. The van der Waals surface area contributed by atoms with Crippen LogP contribution in [0.2, 0.25) is 0 Å². The van der Waals surface area contributed by atoms with Gasteiger partial charge in [0.25, 0.3) is 10.0 Å². The third-order valence-electron chi connectivity index (χ3n) is 4.18. The van der Waals surface area contributed by atoms with Gasteiger partial charge in [0.2, 0.25) is 11.8 Å². The van der Waals surface area contributed by atoms with Crippen LogP contribution in [0.3, 0.4) is 0 Å². The number of carboxylic acids is 1. The molecule has 0 aromatic heterocycles. The Labute approximate surface area is 149 Å². The van der Waals surface area contributed by atoms with Gasteiger partial charge >= 0.3 is 0 Å². The zero-order chi connectivity index (χ0) is 19.1. The Kier molecular flexibility index (Phi) is 4.55. The fourth-order valence-electron chi connectivity index (χ4n) is 3.09. The zero-order valence-electron chi connectivity index (χ0n) is 13.5. The number of carboxylic acid groups (broad SMARTS) is 1. The van der Waals surface area contributed by atoms with Gasteiger partial charge in [-0.25, -0.2) is 13.1 Å². The summed E-state index contributed by atoms with van der Waals surface area (Å²) in [5.74, 6) is -4.66. The maximum absolute atomic E-state index is 12.5. The average molecular weight is 379 g/mol. The van der Waals surface area contributed by atoms with Crippen LogP contribution in [0.1, 0.15) is 6.92 Å². The quantitative estimate of drug-likeness (QED) is 0.610. The predicted molar refractivity (Wildman–Crippen MR) is 85.9 cm³/mol. The Morgan fingerprint density at radius 3 is 2.15 bits per heavy atom. The molecule has 1 aromatic rings. The summed E-state index contributed by atoms with van der Waals surface area (Å²) in [6.45, 7) is 1.08. The summed E-state index contributed by atoms with van der Waals surface area (Å²) in [5.41, 5.74) is 0.278. The van der Waals surface area contributed by atoms with Gasteiger partial charge in [-0.2, -0.15) is 0 Å². The Morgan fingerprint density at radius 2 is 1.62 bits per heavy atom. The minimum absolute atomic E-state index is 0.149. The zero-order valence-corrected chi connectivity index (χ0v) is 14.4. The third-order valence-corrected chi connectivity index (χ3v) is 5.63. The third kappa shape index (κ3) is 3.33. The number of carbonyl (C=O) groups is 3. The lowest BCUT2D eigenvalue weighted by Crippen LogP contribution is -2.45. The van der Waals surface area contributed by atoms with Crippen molar-refractivity contribution in [2.24, 2.45) is 11.8 Å². The summed E-state index contributed by atoms with van der Waals surface area (Å²) in [7, 11) is -3.97. The van der Waals surface area contributed by atoms with Crippen LogP contribution < -0.4 is 15.1 Å². The summed E-state index contributed by atoms with van der Waals surface area (Å²) in [6, 6.07) is 5.11. The first kappa shape index (κ1) is 18.1. The number of carbonyl (C=O) groups excluding carboxylic acids is 3.